The lowest BCUT2D eigenvalue weighted by Gasteiger charge is -2.30. The quantitative estimate of drug-likeness (QED) is 0.372. The number of carbonyl (C=O) groups excluding carboxylic acids is 1. The fraction of sp³-hybridized carbons (Fsp3) is 0.300. The lowest BCUT2D eigenvalue weighted by atomic mass is 9.96. The maximum Gasteiger partial charge on any atom is 0.195 e. The van der Waals surface area contributed by atoms with Gasteiger partial charge in [0.05, 0.1) is 0 Å². The molecule has 5 heteroatoms. The maximum absolute atomic E-state index is 13.8. The molecule has 1 unspecified atom stereocenters. The highest BCUT2D eigenvalue weighted by atomic mass is 32.1. The number of piperidine rings is 1. The number of carbonyl (C=O) groups is 1. The molecule has 1 fully saturated rings. The summed E-state index contributed by atoms with van der Waals surface area (Å²) in [6.45, 7) is 6.19. The molecule has 2 aliphatic rings. The number of hydrogen-bond acceptors (Lipinski definition) is 5. The fourth-order valence-corrected chi connectivity index (χ4v) is 6.18. The smallest absolute Gasteiger partial charge is 0.195 e. The Labute approximate surface area is 210 Å². The van der Waals surface area contributed by atoms with Crippen molar-refractivity contribution in [2.24, 2.45) is 5.92 Å². The molecule has 1 aliphatic carbocycles. The van der Waals surface area contributed by atoms with Crippen LogP contribution >= 0.6 is 11.3 Å². The Morgan fingerprint density at radius 1 is 1.14 bits per heavy atom. The van der Waals surface area contributed by atoms with Gasteiger partial charge in [-0.15, -0.1) is 11.3 Å². The van der Waals surface area contributed by atoms with E-state index >= 15 is 0 Å². The molecule has 180 valence electrons. The van der Waals surface area contributed by atoms with E-state index in [1.54, 1.807) is 23.5 Å². The first kappa shape index (κ1) is 23.6. The highest BCUT2D eigenvalue weighted by Crippen LogP contribution is 2.40. The number of thiophene rings is 1. The number of fused-ring (bicyclic) bond motifs is 1. The van der Waals surface area contributed by atoms with Crippen LogP contribution in [0.2, 0.25) is 0 Å². The van der Waals surface area contributed by atoms with Crippen molar-refractivity contribution in [2.45, 2.75) is 26.2 Å². The van der Waals surface area contributed by atoms with Crippen molar-refractivity contribution >= 4 is 32.8 Å². The van der Waals surface area contributed by atoms with Gasteiger partial charge in [0.1, 0.15) is 18.1 Å². The summed E-state index contributed by atoms with van der Waals surface area (Å²) in [5.74, 6) is 1.74. The van der Waals surface area contributed by atoms with Gasteiger partial charge in [-0.3, -0.25) is 9.69 Å². The van der Waals surface area contributed by atoms with E-state index in [1.165, 1.54) is 12.8 Å². The molecule has 2 aromatic carbocycles. The van der Waals surface area contributed by atoms with E-state index in [9.17, 15) is 9.90 Å². The third-order valence-corrected chi connectivity index (χ3v) is 7.95. The van der Waals surface area contributed by atoms with E-state index in [-0.39, 0.29) is 11.5 Å². The Hall–Kier alpha value is -3.15. The summed E-state index contributed by atoms with van der Waals surface area (Å²) in [7, 11) is 0. The Morgan fingerprint density at radius 2 is 2.00 bits per heavy atom. The lowest BCUT2D eigenvalue weighted by molar-refractivity contribution is 0.104. The van der Waals surface area contributed by atoms with Gasteiger partial charge in [0.15, 0.2) is 5.78 Å². The van der Waals surface area contributed by atoms with Crippen LogP contribution < -0.4 is 4.74 Å². The lowest BCUT2D eigenvalue weighted by Crippen LogP contribution is -2.37. The number of phenols is 1. The van der Waals surface area contributed by atoms with Gasteiger partial charge >= 0.3 is 0 Å². The van der Waals surface area contributed by atoms with E-state index in [1.807, 2.05) is 48.6 Å². The van der Waals surface area contributed by atoms with Gasteiger partial charge in [0, 0.05) is 39.2 Å². The molecule has 1 atom stereocenters. The molecule has 0 amide bonds. The molecule has 0 spiro atoms. The van der Waals surface area contributed by atoms with Gasteiger partial charge in [-0.2, -0.15) is 0 Å². The minimum absolute atomic E-state index is 0.0103. The summed E-state index contributed by atoms with van der Waals surface area (Å²) < 4.78 is 6.89. The highest BCUT2D eigenvalue weighted by Gasteiger charge is 2.23. The van der Waals surface area contributed by atoms with Gasteiger partial charge in [0.2, 0.25) is 0 Å². The van der Waals surface area contributed by atoms with Crippen molar-refractivity contribution in [2.75, 3.05) is 26.2 Å². The second-order valence-corrected chi connectivity index (χ2v) is 10.5. The van der Waals surface area contributed by atoms with Crippen molar-refractivity contribution in [3.05, 3.63) is 88.8 Å². The summed E-state index contributed by atoms with van der Waals surface area (Å²) in [4.78, 5) is 17.2. The largest absolute Gasteiger partial charge is 0.508 e. The molecular weight excluding hydrogens is 454 g/mol. The van der Waals surface area contributed by atoms with Gasteiger partial charge in [0.25, 0.3) is 0 Å². The summed E-state index contributed by atoms with van der Waals surface area (Å²) in [6, 6.07) is 12.7. The molecule has 3 aromatic rings. The van der Waals surface area contributed by atoms with Crippen LogP contribution in [0.1, 0.15) is 47.0 Å². The van der Waals surface area contributed by atoms with Crippen LogP contribution in [0, 0.1) is 5.92 Å². The van der Waals surface area contributed by atoms with Crippen molar-refractivity contribution in [3.63, 3.8) is 0 Å². The topological polar surface area (TPSA) is 49.8 Å². The number of likely N-dealkylation sites (tertiary alicyclic amines) is 1. The third-order valence-electron chi connectivity index (χ3n) is 6.72. The normalized spacial score (nSPS) is 18.4. The zero-order chi connectivity index (χ0) is 24.2. The van der Waals surface area contributed by atoms with Gasteiger partial charge in [-0.1, -0.05) is 37.3 Å². The standard InChI is InChI=1S/C30H31NO3S/c1-21-7-6-16-31(20-21)17-18-34-25-13-10-22(11-14-25)29(33)28-26-15-12-24(32)19-27(26)35-30(28)23-8-4-2-3-5-9-23/h2-5,8,10-15,19,21,32H,6-7,9,16-18,20H2,1H3. The number of allylic oxidation sites excluding steroid dienone is 6. The number of ketones is 1. The van der Waals surface area contributed by atoms with Crippen molar-refractivity contribution in [3.8, 4) is 11.5 Å². The fourth-order valence-electron chi connectivity index (χ4n) is 4.91. The average molecular weight is 486 g/mol. The number of hydrogen-bond donors (Lipinski definition) is 1. The molecule has 35 heavy (non-hydrogen) atoms. The summed E-state index contributed by atoms with van der Waals surface area (Å²) in [5.41, 5.74) is 2.44. The zero-order valence-corrected chi connectivity index (χ0v) is 20.9. The molecule has 1 N–H and O–H groups in total. The Bertz CT molecular complexity index is 1300. The predicted molar refractivity (Wildman–Crippen MR) is 145 cm³/mol. The van der Waals surface area contributed by atoms with Gasteiger partial charge in [-0.05, 0) is 79.8 Å². The molecular formula is C30H31NO3S. The highest BCUT2D eigenvalue weighted by molar-refractivity contribution is 7.20. The first-order chi connectivity index (χ1) is 17.1. The van der Waals surface area contributed by atoms with E-state index in [2.05, 4.69) is 24.0 Å². The number of phenolic OH excluding ortho intramolecular Hbond substituents is 1. The van der Waals surface area contributed by atoms with Crippen molar-refractivity contribution in [1.82, 2.24) is 4.90 Å². The van der Waals surface area contributed by atoms with Crippen LogP contribution in [0.5, 0.6) is 11.5 Å². The van der Waals surface area contributed by atoms with E-state index < -0.39 is 0 Å². The predicted octanol–water partition coefficient (Wildman–Crippen LogP) is 6.85. The molecule has 5 rings (SSSR count). The van der Waals surface area contributed by atoms with Crippen LogP contribution in [-0.2, 0) is 0 Å². The zero-order valence-electron chi connectivity index (χ0n) is 20.1. The number of rotatable bonds is 7. The van der Waals surface area contributed by atoms with Crippen molar-refractivity contribution in [1.29, 1.82) is 0 Å². The van der Waals surface area contributed by atoms with Crippen LogP contribution in [0.3, 0.4) is 0 Å². The van der Waals surface area contributed by atoms with Crippen LogP contribution in [0.4, 0.5) is 0 Å². The number of benzene rings is 2. The first-order valence-corrected chi connectivity index (χ1v) is 13.2. The molecule has 0 bridgehead atoms. The molecule has 1 aromatic heterocycles. The number of aromatic hydroxyl groups is 1. The van der Waals surface area contributed by atoms with Crippen LogP contribution in [0.25, 0.3) is 15.7 Å². The molecule has 1 saturated heterocycles. The number of nitrogens with zero attached hydrogens (tertiary/aromatic N) is 1. The van der Waals surface area contributed by atoms with Gasteiger partial charge in [-0.25, -0.2) is 0 Å². The van der Waals surface area contributed by atoms with E-state index in [0.717, 1.165) is 58.3 Å². The van der Waals surface area contributed by atoms with Crippen LogP contribution in [-0.4, -0.2) is 42.0 Å². The molecule has 0 saturated carbocycles. The molecule has 4 nitrogen and oxygen atoms in total. The van der Waals surface area contributed by atoms with Crippen molar-refractivity contribution < 1.29 is 14.6 Å². The minimum atomic E-state index is -0.0103. The third kappa shape index (κ3) is 5.42. The average Bonchev–Trinajstić information content (AvgIpc) is 3.02. The molecule has 0 radical (unpaired) electrons. The van der Waals surface area contributed by atoms with Crippen LogP contribution in [0.15, 0.2) is 72.8 Å². The number of ether oxygens (including phenoxy) is 1. The molecule has 2 heterocycles. The van der Waals surface area contributed by atoms with E-state index in [0.29, 0.717) is 17.7 Å². The minimum Gasteiger partial charge on any atom is -0.508 e. The Morgan fingerprint density at radius 3 is 2.83 bits per heavy atom. The second kappa shape index (κ2) is 10.6. The summed E-state index contributed by atoms with van der Waals surface area (Å²) in [6.07, 6.45) is 13.5. The first-order valence-electron chi connectivity index (χ1n) is 12.4. The summed E-state index contributed by atoms with van der Waals surface area (Å²) >= 11 is 1.56. The SMILES string of the molecule is CC1CCCN(CCOc2ccc(C(=O)c3c(C4=CC=CC=CC4)sc4cc(O)ccc34)cc2)C1. The monoisotopic (exact) mass is 485 g/mol. The summed E-state index contributed by atoms with van der Waals surface area (Å²) in [5, 5.41) is 10.9. The maximum atomic E-state index is 13.8. The Balaban J connectivity index is 1.36. The second-order valence-electron chi connectivity index (χ2n) is 9.45. The Kier molecular flexibility index (Phi) is 7.16. The van der Waals surface area contributed by atoms with Gasteiger partial charge < -0.3 is 9.84 Å². The van der Waals surface area contributed by atoms with E-state index in [4.69, 9.17) is 4.74 Å². The molecule has 1 aliphatic heterocycles.